The van der Waals surface area contributed by atoms with Crippen molar-refractivity contribution >= 4 is 40.4 Å². The highest BCUT2D eigenvalue weighted by molar-refractivity contribution is 8.00. The number of imide groups is 1. The van der Waals surface area contributed by atoms with Crippen LogP contribution in [0.2, 0.25) is 0 Å². The van der Waals surface area contributed by atoms with Crippen molar-refractivity contribution in [2.75, 3.05) is 11.9 Å². The smallest absolute Gasteiger partial charge is 0.321 e. The molecule has 8 heteroatoms. The first-order chi connectivity index (χ1) is 12.1. The molecule has 2 aromatic rings. The molecular weight excluding hydrogens is 338 g/mol. The first-order valence-corrected chi connectivity index (χ1v) is 9.23. The molecule has 1 aliphatic rings. The Bertz CT molecular complexity index is 794. The van der Waals surface area contributed by atoms with E-state index in [1.165, 1.54) is 11.8 Å². The van der Waals surface area contributed by atoms with E-state index in [-0.39, 0.29) is 11.9 Å². The zero-order valence-corrected chi connectivity index (χ0v) is 15.0. The fraction of sp³-hybridized carbons (Fsp3) is 0.412. The molecule has 0 radical (unpaired) electrons. The van der Waals surface area contributed by atoms with Crippen molar-refractivity contribution in [1.29, 1.82) is 0 Å². The third-order valence-electron chi connectivity index (χ3n) is 3.73. The third kappa shape index (κ3) is 4.60. The summed E-state index contributed by atoms with van der Waals surface area (Å²) in [7, 11) is 0. The molecule has 1 saturated carbocycles. The van der Waals surface area contributed by atoms with Crippen LogP contribution < -0.4 is 16.0 Å². The highest BCUT2D eigenvalue weighted by atomic mass is 32.2. The Balaban J connectivity index is 1.70. The van der Waals surface area contributed by atoms with Gasteiger partial charge in [-0.3, -0.25) is 10.1 Å². The van der Waals surface area contributed by atoms with E-state index in [1.54, 1.807) is 6.92 Å². The van der Waals surface area contributed by atoms with E-state index in [9.17, 15) is 9.59 Å². The molecule has 132 valence electrons. The monoisotopic (exact) mass is 359 g/mol. The number of aromatic nitrogens is 2. The summed E-state index contributed by atoms with van der Waals surface area (Å²) in [5.41, 5.74) is 0.815. The maximum Gasteiger partial charge on any atom is 0.321 e. The van der Waals surface area contributed by atoms with Crippen LogP contribution in [0.15, 0.2) is 29.4 Å². The number of carbonyl (C=O) groups excluding carboxylic acids is 2. The molecule has 3 rings (SSSR count). The number of fused-ring (bicyclic) bond motifs is 1. The average Bonchev–Trinajstić information content (AvgIpc) is 3.38. The SMILES string of the molecule is CCNc1nc(S[C@@H](C)C(=O)NC(=O)NC2CC2)nc2ccccc12. The number of urea groups is 1. The minimum absolute atomic E-state index is 0.210. The van der Waals surface area contributed by atoms with Crippen LogP contribution in [0.1, 0.15) is 26.7 Å². The predicted octanol–water partition coefficient (Wildman–Crippen LogP) is 2.53. The Morgan fingerprint density at radius 3 is 2.76 bits per heavy atom. The van der Waals surface area contributed by atoms with Gasteiger partial charge < -0.3 is 10.6 Å². The number of para-hydroxylation sites is 1. The van der Waals surface area contributed by atoms with Crippen molar-refractivity contribution in [3.63, 3.8) is 0 Å². The van der Waals surface area contributed by atoms with Gasteiger partial charge in [-0.25, -0.2) is 14.8 Å². The lowest BCUT2D eigenvalue weighted by molar-refractivity contribution is -0.119. The highest BCUT2D eigenvalue weighted by Gasteiger charge is 2.25. The molecule has 1 heterocycles. The molecule has 0 spiro atoms. The minimum atomic E-state index is -0.486. The molecular formula is C17H21N5O2S. The molecule has 0 unspecified atom stereocenters. The topological polar surface area (TPSA) is 96.0 Å². The number of carbonyl (C=O) groups is 2. The minimum Gasteiger partial charge on any atom is -0.370 e. The van der Waals surface area contributed by atoms with E-state index >= 15 is 0 Å². The fourth-order valence-electron chi connectivity index (χ4n) is 2.28. The van der Waals surface area contributed by atoms with Gasteiger partial charge >= 0.3 is 6.03 Å². The Morgan fingerprint density at radius 1 is 1.28 bits per heavy atom. The molecule has 0 saturated heterocycles. The fourth-order valence-corrected chi connectivity index (χ4v) is 3.06. The van der Waals surface area contributed by atoms with Crippen LogP contribution in [0, 0.1) is 0 Å². The normalized spacial score (nSPS) is 14.8. The second-order valence-corrected chi connectivity index (χ2v) is 7.21. The van der Waals surface area contributed by atoms with E-state index in [0.29, 0.717) is 5.16 Å². The van der Waals surface area contributed by atoms with Gasteiger partial charge in [-0.15, -0.1) is 0 Å². The van der Waals surface area contributed by atoms with Crippen molar-refractivity contribution < 1.29 is 9.59 Å². The van der Waals surface area contributed by atoms with Gasteiger partial charge in [0.05, 0.1) is 10.8 Å². The second-order valence-electron chi connectivity index (χ2n) is 5.90. The summed E-state index contributed by atoms with van der Waals surface area (Å²) in [6.07, 6.45) is 1.95. The van der Waals surface area contributed by atoms with Crippen molar-refractivity contribution in [2.24, 2.45) is 0 Å². The third-order valence-corrected chi connectivity index (χ3v) is 4.69. The molecule has 25 heavy (non-hydrogen) atoms. The Labute approximate surface area is 150 Å². The van der Waals surface area contributed by atoms with Crippen molar-refractivity contribution in [2.45, 2.75) is 43.1 Å². The number of hydrogen-bond acceptors (Lipinski definition) is 6. The van der Waals surface area contributed by atoms with Crippen molar-refractivity contribution in [1.82, 2.24) is 20.6 Å². The Morgan fingerprint density at radius 2 is 2.04 bits per heavy atom. The lowest BCUT2D eigenvalue weighted by Gasteiger charge is -2.13. The summed E-state index contributed by atoms with van der Waals surface area (Å²) < 4.78 is 0. The average molecular weight is 359 g/mol. The van der Waals surface area contributed by atoms with Gasteiger partial charge in [-0.2, -0.15) is 0 Å². The summed E-state index contributed by atoms with van der Waals surface area (Å²) in [4.78, 5) is 32.9. The summed E-state index contributed by atoms with van der Waals surface area (Å²) in [6.45, 7) is 4.47. The summed E-state index contributed by atoms with van der Waals surface area (Å²) >= 11 is 1.23. The first kappa shape index (κ1) is 17.5. The molecule has 3 amide bonds. The van der Waals surface area contributed by atoms with Crippen LogP contribution in [-0.2, 0) is 4.79 Å². The lowest BCUT2D eigenvalue weighted by atomic mass is 10.2. The van der Waals surface area contributed by atoms with E-state index in [4.69, 9.17) is 0 Å². The van der Waals surface area contributed by atoms with Crippen LogP contribution in [0.4, 0.5) is 10.6 Å². The number of nitrogens with one attached hydrogen (secondary N) is 3. The molecule has 3 N–H and O–H groups in total. The number of hydrogen-bond donors (Lipinski definition) is 3. The van der Waals surface area contributed by atoms with Gasteiger partial charge in [0, 0.05) is 18.0 Å². The second kappa shape index (κ2) is 7.69. The quantitative estimate of drug-likeness (QED) is 0.542. The van der Waals surface area contributed by atoms with Gasteiger partial charge in [0.15, 0.2) is 5.16 Å². The maximum atomic E-state index is 12.2. The van der Waals surface area contributed by atoms with E-state index < -0.39 is 11.3 Å². The van der Waals surface area contributed by atoms with Crippen LogP contribution in [0.3, 0.4) is 0 Å². The number of anilines is 1. The molecule has 1 atom stereocenters. The number of benzene rings is 1. The van der Waals surface area contributed by atoms with Gasteiger partial charge in [-0.1, -0.05) is 23.9 Å². The summed E-state index contributed by atoms with van der Waals surface area (Å²) in [6, 6.07) is 7.50. The Hall–Kier alpha value is -2.35. The lowest BCUT2D eigenvalue weighted by Crippen LogP contribution is -2.43. The largest absolute Gasteiger partial charge is 0.370 e. The molecule has 1 aromatic carbocycles. The first-order valence-electron chi connectivity index (χ1n) is 8.35. The number of nitrogens with zero attached hydrogens (tertiary/aromatic N) is 2. The van der Waals surface area contributed by atoms with Gasteiger partial charge in [0.2, 0.25) is 5.91 Å². The summed E-state index contributed by atoms with van der Waals surface area (Å²) in [5, 5.41) is 9.28. The molecule has 1 aliphatic carbocycles. The maximum absolute atomic E-state index is 12.2. The number of thioether (sulfide) groups is 1. The van der Waals surface area contributed by atoms with Crippen molar-refractivity contribution in [3.8, 4) is 0 Å². The van der Waals surface area contributed by atoms with E-state index in [0.717, 1.165) is 36.1 Å². The van der Waals surface area contributed by atoms with Crippen LogP contribution in [-0.4, -0.2) is 39.7 Å². The van der Waals surface area contributed by atoms with Crippen LogP contribution >= 0.6 is 11.8 Å². The summed E-state index contributed by atoms with van der Waals surface area (Å²) in [5.74, 6) is 0.389. The molecule has 0 aliphatic heterocycles. The van der Waals surface area contributed by atoms with Crippen LogP contribution in [0.25, 0.3) is 10.9 Å². The van der Waals surface area contributed by atoms with E-state index in [2.05, 4.69) is 25.9 Å². The zero-order chi connectivity index (χ0) is 17.8. The number of rotatable bonds is 6. The molecule has 7 nitrogen and oxygen atoms in total. The molecule has 1 fully saturated rings. The van der Waals surface area contributed by atoms with Gasteiger partial charge in [0.25, 0.3) is 0 Å². The zero-order valence-electron chi connectivity index (χ0n) is 14.2. The van der Waals surface area contributed by atoms with Gasteiger partial charge in [-0.05, 0) is 38.8 Å². The highest BCUT2D eigenvalue weighted by Crippen LogP contribution is 2.26. The molecule has 1 aromatic heterocycles. The van der Waals surface area contributed by atoms with Gasteiger partial charge in [0.1, 0.15) is 5.82 Å². The predicted molar refractivity (Wildman–Crippen MR) is 98.7 cm³/mol. The van der Waals surface area contributed by atoms with E-state index in [1.807, 2.05) is 31.2 Å². The number of amides is 3. The van der Waals surface area contributed by atoms with Crippen molar-refractivity contribution in [3.05, 3.63) is 24.3 Å². The molecule has 0 bridgehead atoms. The standard InChI is InChI=1S/C17H21N5O2S/c1-3-18-14-12-6-4-5-7-13(12)20-17(21-14)25-10(2)15(23)22-16(24)19-11-8-9-11/h4-7,10-11H,3,8-9H2,1-2H3,(H,18,20,21)(H2,19,22,23,24)/t10-/m0/s1. The van der Waals surface area contributed by atoms with Crippen LogP contribution in [0.5, 0.6) is 0 Å². The Kier molecular flexibility index (Phi) is 5.37.